The van der Waals surface area contributed by atoms with Gasteiger partial charge in [0.05, 0.1) is 27.3 Å². The molecule has 2 aliphatic carbocycles. The maximum atomic E-state index is 5.06. The van der Waals surface area contributed by atoms with Crippen LogP contribution in [0.25, 0.3) is 77.6 Å². The zero-order valence-corrected chi connectivity index (χ0v) is 31.7. The molecule has 0 bridgehead atoms. The van der Waals surface area contributed by atoms with Crippen LogP contribution in [0.15, 0.2) is 183 Å². The van der Waals surface area contributed by atoms with Crippen molar-refractivity contribution in [3.8, 4) is 39.5 Å². The van der Waals surface area contributed by atoms with Gasteiger partial charge in [-0.2, -0.15) is 0 Å². The normalized spacial score (nSPS) is 15.1. The summed E-state index contributed by atoms with van der Waals surface area (Å²) in [7, 11) is 0. The second-order valence-corrected chi connectivity index (χ2v) is 16.5. The maximum absolute atomic E-state index is 5.06. The number of allylic oxidation sites excluding steroid dienone is 6. The van der Waals surface area contributed by atoms with Gasteiger partial charge in [-0.05, 0) is 83.5 Å². The smallest absolute Gasteiger partial charge is 0.160 e. The molecule has 3 heterocycles. The molecule has 0 unspecified atom stereocenters. The molecular weight excluding hydrogens is 707 g/mol. The molecular formula is C50H35N3S2. The lowest BCUT2D eigenvalue weighted by molar-refractivity contribution is 1.03. The highest BCUT2D eigenvalue weighted by atomic mass is 32.2. The van der Waals surface area contributed by atoms with Crippen LogP contribution < -0.4 is 0 Å². The molecule has 11 rings (SSSR count). The molecule has 3 aliphatic rings. The zero-order valence-electron chi connectivity index (χ0n) is 30.1. The van der Waals surface area contributed by atoms with E-state index in [1.165, 1.54) is 74.6 Å². The van der Waals surface area contributed by atoms with Crippen molar-refractivity contribution in [3.63, 3.8) is 0 Å². The van der Waals surface area contributed by atoms with E-state index in [1.807, 2.05) is 41.7 Å². The molecule has 0 fully saturated rings. The Morgan fingerprint density at radius 1 is 0.564 bits per heavy atom. The molecule has 5 heteroatoms. The van der Waals surface area contributed by atoms with Gasteiger partial charge < -0.3 is 4.57 Å². The van der Waals surface area contributed by atoms with Gasteiger partial charge in [0.2, 0.25) is 0 Å². The van der Waals surface area contributed by atoms with E-state index in [9.17, 15) is 0 Å². The van der Waals surface area contributed by atoms with E-state index >= 15 is 0 Å². The van der Waals surface area contributed by atoms with Crippen molar-refractivity contribution < 1.29 is 0 Å². The van der Waals surface area contributed by atoms with Gasteiger partial charge in [0, 0.05) is 42.3 Å². The minimum absolute atomic E-state index is 0.756. The number of thioether (sulfide) groups is 2. The molecule has 1 aliphatic heterocycles. The van der Waals surface area contributed by atoms with E-state index in [4.69, 9.17) is 9.97 Å². The van der Waals surface area contributed by atoms with Gasteiger partial charge in [0.25, 0.3) is 0 Å². The Balaban J connectivity index is 0.993. The first-order valence-corrected chi connectivity index (χ1v) is 20.7. The first-order valence-electron chi connectivity index (χ1n) is 19.0. The molecule has 55 heavy (non-hydrogen) atoms. The van der Waals surface area contributed by atoms with Crippen LogP contribution in [0.5, 0.6) is 0 Å². The monoisotopic (exact) mass is 741 g/mol. The molecule has 262 valence electrons. The molecule has 0 amide bonds. The largest absolute Gasteiger partial charge is 0.308 e. The van der Waals surface area contributed by atoms with Crippen molar-refractivity contribution in [1.29, 1.82) is 0 Å². The van der Waals surface area contributed by atoms with Gasteiger partial charge in [-0.1, -0.05) is 157 Å². The third kappa shape index (κ3) is 5.69. The highest BCUT2D eigenvalue weighted by Gasteiger charge is 2.27. The predicted molar refractivity (Wildman–Crippen MR) is 234 cm³/mol. The van der Waals surface area contributed by atoms with Crippen molar-refractivity contribution in [2.75, 3.05) is 0 Å². The van der Waals surface area contributed by atoms with E-state index in [-0.39, 0.29) is 0 Å². The Kier molecular flexibility index (Phi) is 7.96. The summed E-state index contributed by atoms with van der Waals surface area (Å²) in [6.07, 6.45) is 15.6. The van der Waals surface area contributed by atoms with Crippen LogP contribution in [0, 0.1) is 0 Å². The first-order chi connectivity index (χ1) is 27.2. The summed E-state index contributed by atoms with van der Waals surface area (Å²) in [5.41, 5.74) is 11.4. The summed E-state index contributed by atoms with van der Waals surface area (Å²) in [5, 5.41) is 5.19. The fraction of sp³-hybridized carbons (Fsp3) is 0.0800. The van der Waals surface area contributed by atoms with E-state index in [0.717, 1.165) is 54.0 Å². The standard InChI is InChI=1S/C50H35N3S2/c1-3-12-35(13-4-1)41-31-42(52-50(51-41)37-14-5-2-6-15-37)36-21-19-32(20-22-36)33-23-26-38(27-24-33)53-43-29-25-34-11-7-8-16-39(34)47(43)40-28-30-46-49(48(40)53)55-45-18-10-9-17-44(45)54-46/h1-3,5-8,11-12,14-31H,4,9-10,13H2. The van der Waals surface area contributed by atoms with Gasteiger partial charge in [0.15, 0.2) is 5.82 Å². The molecule has 0 spiro atoms. The van der Waals surface area contributed by atoms with E-state index in [1.54, 1.807) is 0 Å². The maximum Gasteiger partial charge on any atom is 0.160 e. The molecule has 3 nitrogen and oxygen atoms in total. The molecule has 0 saturated carbocycles. The summed E-state index contributed by atoms with van der Waals surface area (Å²) in [6.45, 7) is 0. The highest BCUT2D eigenvalue weighted by molar-refractivity contribution is 8.11. The summed E-state index contributed by atoms with van der Waals surface area (Å²) in [4.78, 5) is 15.6. The van der Waals surface area contributed by atoms with Crippen molar-refractivity contribution in [3.05, 3.63) is 179 Å². The van der Waals surface area contributed by atoms with Crippen LogP contribution in [-0.4, -0.2) is 14.5 Å². The Bertz CT molecular complexity index is 2950. The number of aromatic nitrogens is 3. The molecule has 2 aromatic heterocycles. The lowest BCUT2D eigenvalue weighted by atomic mass is 9.99. The van der Waals surface area contributed by atoms with Crippen LogP contribution in [0.2, 0.25) is 0 Å². The van der Waals surface area contributed by atoms with Crippen LogP contribution in [0.3, 0.4) is 0 Å². The summed E-state index contributed by atoms with van der Waals surface area (Å²) >= 11 is 3.87. The second-order valence-electron chi connectivity index (χ2n) is 14.3. The minimum Gasteiger partial charge on any atom is -0.308 e. The van der Waals surface area contributed by atoms with E-state index < -0.39 is 0 Å². The molecule has 0 atom stereocenters. The van der Waals surface area contributed by atoms with Crippen molar-refractivity contribution in [2.24, 2.45) is 0 Å². The lowest BCUT2D eigenvalue weighted by Gasteiger charge is -2.24. The molecule has 0 radical (unpaired) electrons. The summed E-state index contributed by atoms with van der Waals surface area (Å²) in [5.74, 6) is 0.756. The van der Waals surface area contributed by atoms with Crippen molar-refractivity contribution >= 4 is 61.7 Å². The van der Waals surface area contributed by atoms with Gasteiger partial charge in [-0.3, -0.25) is 0 Å². The minimum atomic E-state index is 0.756. The first kappa shape index (κ1) is 32.5. The molecule has 6 aromatic carbocycles. The number of rotatable bonds is 5. The number of nitrogens with zero attached hydrogens (tertiary/aromatic N) is 3. The SMILES string of the molecule is C1=CCCC(c2cc(-c3ccc(-c4ccc(-n5c6ccc7ccccc7c6c6ccc7c(c65)SC5=CCCC=C5S7)cc4)cc3)nc(-c3ccccc3)n2)=C1. The van der Waals surface area contributed by atoms with Gasteiger partial charge >= 0.3 is 0 Å². The zero-order chi connectivity index (χ0) is 36.3. The van der Waals surface area contributed by atoms with Crippen LogP contribution in [0.4, 0.5) is 0 Å². The Morgan fingerprint density at radius 3 is 2.09 bits per heavy atom. The summed E-state index contributed by atoms with van der Waals surface area (Å²) < 4.78 is 2.50. The molecule has 8 aromatic rings. The average Bonchev–Trinajstić information content (AvgIpc) is 3.62. The topological polar surface area (TPSA) is 30.7 Å². The number of hydrogen-bond donors (Lipinski definition) is 0. The van der Waals surface area contributed by atoms with Gasteiger partial charge in [-0.25, -0.2) is 9.97 Å². The fourth-order valence-corrected chi connectivity index (χ4v) is 10.8. The third-order valence-electron chi connectivity index (χ3n) is 11.0. The number of benzene rings is 6. The number of hydrogen-bond acceptors (Lipinski definition) is 4. The fourth-order valence-electron chi connectivity index (χ4n) is 8.24. The van der Waals surface area contributed by atoms with Crippen LogP contribution >= 0.6 is 23.5 Å². The Morgan fingerprint density at radius 2 is 1.29 bits per heavy atom. The second kappa shape index (κ2) is 13.5. The van der Waals surface area contributed by atoms with Crippen molar-refractivity contribution in [1.82, 2.24) is 14.5 Å². The van der Waals surface area contributed by atoms with Crippen LogP contribution in [0.1, 0.15) is 31.4 Å². The van der Waals surface area contributed by atoms with Crippen LogP contribution in [-0.2, 0) is 0 Å². The highest BCUT2D eigenvalue weighted by Crippen LogP contribution is 2.55. The number of fused-ring (bicyclic) bond motifs is 8. The quantitative estimate of drug-likeness (QED) is 0.176. The van der Waals surface area contributed by atoms with E-state index in [0.29, 0.717) is 0 Å². The van der Waals surface area contributed by atoms with Gasteiger partial charge in [-0.15, -0.1) is 0 Å². The predicted octanol–water partition coefficient (Wildman–Crippen LogP) is 14.2. The molecule has 0 saturated heterocycles. The Labute approximate surface area is 328 Å². The summed E-state index contributed by atoms with van der Waals surface area (Å²) in [6, 6.07) is 48.5. The lowest BCUT2D eigenvalue weighted by Crippen LogP contribution is -2.00. The van der Waals surface area contributed by atoms with Crippen molar-refractivity contribution in [2.45, 2.75) is 35.5 Å². The third-order valence-corrected chi connectivity index (χ3v) is 13.6. The van der Waals surface area contributed by atoms with Gasteiger partial charge in [0.1, 0.15) is 0 Å². The molecule has 0 N–H and O–H groups in total. The Hall–Kier alpha value is -5.88. The average molecular weight is 742 g/mol. The van der Waals surface area contributed by atoms with E-state index in [2.05, 4.69) is 150 Å².